The molecule has 1 aromatic heterocycles. The van der Waals surface area contributed by atoms with Crippen LogP contribution in [0.5, 0.6) is 0 Å². The molecule has 1 amide bonds. The molecule has 0 bridgehead atoms. The first-order chi connectivity index (χ1) is 9.75. The zero-order valence-corrected chi connectivity index (χ0v) is 11.7. The van der Waals surface area contributed by atoms with E-state index in [1.165, 1.54) is 0 Å². The Hall–Kier alpha value is -1.92. The monoisotopic (exact) mass is 289 g/mol. The Bertz CT molecular complexity index is 600. The minimum atomic E-state index is -0.141. The van der Waals surface area contributed by atoms with Crippen LogP contribution in [-0.2, 0) is 4.74 Å². The first-order valence-corrected chi connectivity index (χ1v) is 7.28. The van der Waals surface area contributed by atoms with Crippen molar-refractivity contribution >= 4 is 22.9 Å². The number of carbonyl (C=O) groups is 1. The average molecular weight is 289 g/mol. The molecule has 2 heterocycles. The summed E-state index contributed by atoms with van der Waals surface area (Å²) in [5, 5.41) is 2.82. The van der Waals surface area contributed by atoms with Crippen molar-refractivity contribution in [3.63, 3.8) is 0 Å². The molecule has 104 valence electrons. The van der Waals surface area contributed by atoms with Crippen LogP contribution in [0.25, 0.3) is 0 Å². The van der Waals surface area contributed by atoms with Gasteiger partial charge in [0.05, 0.1) is 18.7 Å². The first-order valence-electron chi connectivity index (χ1n) is 6.40. The minimum absolute atomic E-state index is 0.0482. The van der Waals surface area contributed by atoms with Crippen molar-refractivity contribution in [3.8, 4) is 0 Å². The lowest BCUT2D eigenvalue weighted by Crippen LogP contribution is -2.42. The number of nitrogens with zero attached hydrogens (tertiary/aromatic N) is 2. The van der Waals surface area contributed by atoms with Crippen LogP contribution in [0.4, 0.5) is 5.69 Å². The number of hydrogen-bond donors (Lipinski definition) is 1. The normalized spacial score (nSPS) is 19.0. The van der Waals surface area contributed by atoms with E-state index < -0.39 is 0 Å². The molecule has 0 aliphatic carbocycles. The van der Waals surface area contributed by atoms with Gasteiger partial charge in [0, 0.05) is 23.8 Å². The lowest BCUT2D eigenvalue weighted by Gasteiger charge is -2.32. The standard InChI is InChI=1S/C14H15N3O2S/c15-11-4-2-1-3-10(11)14(18)17-6-7-19-12(9-17)13-16-5-8-20-13/h1-5,8,12H,6-7,9,15H2. The predicted molar refractivity (Wildman–Crippen MR) is 77.6 cm³/mol. The molecule has 1 saturated heterocycles. The Morgan fingerprint density at radius 2 is 2.30 bits per heavy atom. The lowest BCUT2D eigenvalue weighted by atomic mass is 10.1. The number of rotatable bonds is 2. The Morgan fingerprint density at radius 3 is 3.05 bits per heavy atom. The molecular formula is C14H15N3O2S. The number of para-hydroxylation sites is 1. The van der Waals surface area contributed by atoms with E-state index in [0.717, 1.165) is 5.01 Å². The number of anilines is 1. The fourth-order valence-corrected chi connectivity index (χ4v) is 2.92. The zero-order valence-electron chi connectivity index (χ0n) is 10.9. The van der Waals surface area contributed by atoms with Crippen LogP contribution in [0.15, 0.2) is 35.8 Å². The molecule has 0 saturated carbocycles. The summed E-state index contributed by atoms with van der Waals surface area (Å²) in [4.78, 5) is 18.5. The van der Waals surface area contributed by atoms with Crippen molar-refractivity contribution in [2.75, 3.05) is 25.4 Å². The van der Waals surface area contributed by atoms with Gasteiger partial charge in [0.1, 0.15) is 11.1 Å². The number of carbonyl (C=O) groups excluding carboxylic acids is 1. The van der Waals surface area contributed by atoms with E-state index in [1.807, 2.05) is 17.5 Å². The van der Waals surface area contributed by atoms with Gasteiger partial charge in [-0.3, -0.25) is 4.79 Å². The highest BCUT2D eigenvalue weighted by Gasteiger charge is 2.28. The number of benzene rings is 1. The van der Waals surface area contributed by atoms with Crippen LogP contribution in [0.3, 0.4) is 0 Å². The summed E-state index contributed by atoms with van der Waals surface area (Å²) in [5.74, 6) is -0.0482. The Kier molecular flexibility index (Phi) is 3.66. The van der Waals surface area contributed by atoms with Crippen LogP contribution in [0, 0.1) is 0 Å². The SMILES string of the molecule is Nc1ccccc1C(=O)N1CCOC(c2nccs2)C1. The molecule has 2 N–H and O–H groups in total. The molecule has 1 aliphatic rings. The van der Waals surface area contributed by atoms with E-state index >= 15 is 0 Å². The third-order valence-corrected chi connectivity index (χ3v) is 4.14. The highest BCUT2D eigenvalue weighted by molar-refractivity contribution is 7.09. The van der Waals surface area contributed by atoms with Gasteiger partial charge in [0.15, 0.2) is 0 Å². The van der Waals surface area contributed by atoms with Crippen molar-refractivity contribution < 1.29 is 9.53 Å². The van der Waals surface area contributed by atoms with Gasteiger partial charge >= 0.3 is 0 Å². The molecule has 5 nitrogen and oxygen atoms in total. The van der Waals surface area contributed by atoms with Crippen molar-refractivity contribution in [1.82, 2.24) is 9.88 Å². The van der Waals surface area contributed by atoms with Crippen molar-refractivity contribution in [3.05, 3.63) is 46.4 Å². The molecule has 1 fully saturated rings. The van der Waals surface area contributed by atoms with Gasteiger partial charge in [0.2, 0.25) is 0 Å². The van der Waals surface area contributed by atoms with Crippen molar-refractivity contribution in [2.45, 2.75) is 6.10 Å². The van der Waals surface area contributed by atoms with Gasteiger partial charge in [-0.2, -0.15) is 0 Å². The fourth-order valence-electron chi connectivity index (χ4n) is 2.24. The molecule has 6 heteroatoms. The number of amides is 1. The third kappa shape index (κ3) is 2.52. The van der Waals surface area contributed by atoms with Gasteiger partial charge < -0.3 is 15.4 Å². The topological polar surface area (TPSA) is 68.5 Å². The number of thiazole rings is 1. The van der Waals surface area contributed by atoms with E-state index in [2.05, 4.69) is 4.98 Å². The summed E-state index contributed by atoms with van der Waals surface area (Å²) >= 11 is 1.54. The van der Waals surface area contributed by atoms with E-state index in [1.54, 1.807) is 34.6 Å². The first kappa shape index (κ1) is 13.1. The Balaban J connectivity index is 1.77. The Labute approximate surface area is 121 Å². The fraction of sp³-hybridized carbons (Fsp3) is 0.286. The number of nitrogen functional groups attached to an aromatic ring is 1. The van der Waals surface area contributed by atoms with E-state index in [0.29, 0.717) is 30.9 Å². The van der Waals surface area contributed by atoms with Gasteiger partial charge in [0.25, 0.3) is 5.91 Å². The summed E-state index contributed by atoms with van der Waals surface area (Å²) in [6.07, 6.45) is 1.61. The van der Waals surface area contributed by atoms with Crippen molar-refractivity contribution in [2.24, 2.45) is 0 Å². The highest BCUT2D eigenvalue weighted by atomic mass is 32.1. The number of hydrogen-bond acceptors (Lipinski definition) is 5. The zero-order chi connectivity index (χ0) is 13.9. The maximum absolute atomic E-state index is 12.5. The summed E-state index contributed by atoms with van der Waals surface area (Å²) in [7, 11) is 0. The number of morpholine rings is 1. The number of ether oxygens (including phenoxy) is 1. The third-order valence-electron chi connectivity index (χ3n) is 3.27. The second kappa shape index (κ2) is 5.60. The second-order valence-electron chi connectivity index (χ2n) is 4.57. The summed E-state index contributed by atoms with van der Waals surface area (Å²) < 4.78 is 5.69. The summed E-state index contributed by atoms with van der Waals surface area (Å²) in [6, 6.07) is 7.14. The van der Waals surface area contributed by atoms with Gasteiger partial charge in [-0.25, -0.2) is 4.98 Å². The van der Waals surface area contributed by atoms with Crippen molar-refractivity contribution in [1.29, 1.82) is 0 Å². The average Bonchev–Trinajstić information content (AvgIpc) is 3.01. The Morgan fingerprint density at radius 1 is 1.45 bits per heavy atom. The molecule has 0 radical (unpaired) electrons. The van der Waals surface area contributed by atoms with Crippen LogP contribution in [0.2, 0.25) is 0 Å². The maximum atomic E-state index is 12.5. The summed E-state index contributed by atoms with van der Waals surface area (Å²) in [6.45, 7) is 1.61. The molecule has 2 aromatic rings. The molecule has 1 atom stereocenters. The molecule has 1 unspecified atom stereocenters. The molecular weight excluding hydrogens is 274 g/mol. The lowest BCUT2D eigenvalue weighted by molar-refractivity contribution is -0.0228. The van der Waals surface area contributed by atoms with E-state index in [9.17, 15) is 4.79 Å². The van der Waals surface area contributed by atoms with Gasteiger partial charge in [-0.05, 0) is 12.1 Å². The quantitative estimate of drug-likeness (QED) is 0.858. The van der Waals surface area contributed by atoms with Crippen LogP contribution < -0.4 is 5.73 Å². The largest absolute Gasteiger partial charge is 0.398 e. The van der Waals surface area contributed by atoms with Gasteiger partial charge in [-0.15, -0.1) is 11.3 Å². The molecule has 1 aromatic carbocycles. The molecule has 20 heavy (non-hydrogen) atoms. The second-order valence-corrected chi connectivity index (χ2v) is 5.49. The van der Waals surface area contributed by atoms with Crippen LogP contribution >= 0.6 is 11.3 Å². The van der Waals surface area contributed by atoms with Crippen LogP contribution in [0.1, 0.15) is 21.5 Å². The molecule has 1 aliphatic heterocycles. The molecule has 3 rings (SSSR count). The smallest absolute Gasteiger partial charge is 0.256 e. The summed E-state index contributed by atoms with van der Waals surface area (Å²) in [5.41, 5.74) is 6.93. The van der Waals surface area contributed by atoms with Gasteiger partial charge in [-0.1, -0.05) is 12.1 Å². The number of aromatic nitrogens is 1. The molecule has 0 spiro atoms. The van der Waals surface area contributed by atoms with E-state index in [4.69, 9.17) is 10.5 Å². The predicted octanol–water partition coefficient (Wildman–Crippen LogP) is 1.94. The number of nitrogens with two attached hydrogens (primary N) is 1. The highest BCUT2D eigenvalue weighted by Crippen LogP contribution is 2.25. The van der Waals surface area contributed by atoms with Crippen LogP contribution in [-0.4, -0.2) is 35.5 Å². The minimum Gasteiger partial charge on any atom is -0.398 e. The maximum Gasteiger partial charge on any atom is 0.256 e. The van der Waals surface area contributed by atoms with E-state index in [-0.39, 0.29) is 12.0 Å².